The van der Waals surface area contributed by atoms with Crippen LogP contribution in [0.15, 0.2) is 0 Å². The van der Waals surface area contributed by atoms with Crippen molar-refractivity contribution in [2.75, 3.05) is 6.54 Å². The quantitative estimate of drug-likeness (QED) is 0.571. The highest BCUT2D eigenvalue weighted by molar-refractivity contribution is 5.82. The highest BCUT2D eigenvalue weighted by atomic mass is 16.1. The summed E-state index contributed by atoms with van der Waals surface area (Å²) in [5, 5.41) is 0. The Balaban J connectivity index is 2.57. The van der Waals surface area contributed by atoms with Crippen LogP contribution in [0, 0.1) is 0 Å². The number of carbonyl (C=O) groups excluding carboxylic acids is 1. The average molecular weight is 155 g/mol. The van der Waals surface area contributed by atoms with Crippen molar-refractivity contribution in [2.24, 2.45) is 0 Å². The van der Waals surface area contributed by atoms with Gasteiger partial charge in [-0.15, -0.1) is 0 Å². The number of hydrogen-bond acceptors (Lipinski definition) is 2. The molecule has 1 aliphatic heterocycles. The molecule has 1 saturated heterocycles. The number of nitrogens with zero attached hydrogens (tertiary/aromatic N) is 1. The second-order valence-electron chi connectivity index (χ2n) is 4.28. The Bertz CT molecular complexity index is 169. The zero-order valence-corrected chi connectivity index (χ0v) is 7.85. The molecule has 0 spiro atoms. The molecule has 1 atom stereocenters. The number of rotatable bonds is 1. The molecule has 0 bridgehead atoms. The van der Waals surface area contributed by atoms with Crippen molar-refractivity contribution in [3.05, 3.63) is 0 Å². The van der Waals surface area contributed by atoms with Gasteiger partial charge in [-0.2, -0.15) is 0 Å². The summed E-state index contributed by atoms with van der Waals surface area (Å²) >= 11 is 0. The second-order valence-corrected chi connectivity index (χ2v) is 4.28. The Morgan fingerprint density at radius 3 is 2.09 bits per heavy atom. The third-order valence-corrected chi connectivity index (χ3v) is 2.35. The fourth-order valence-corrected chi connectivity index (χ4v) is 1.61. The molecule has 0 aromatic heterocycles. The molecule has 1 aliphatic rings. The smallest absolute Gasteiger partial charge is 0.146 e. The molecule has 0 radical (unpaired) electrons. The SMILES string of the molecule is CC(=O)[C@@H]1CCN1C(C)(C)C. The van der Waals surface area contributed by atoms with Gasteiger partial charge in [0.1, 0.15) is 5.78 Å². The van der Waals surface area contributed by atoms with Gasteiger partial charge in [-0.05, 0) is 34.1 Å². The van der Waals surface area contributed by atoms with Crippen molar-refractivity contribution in [3.63, 3.8) is 0 Å². The van der Waals surface area contributed by atoms with Crippen LogP contribution in [0.3, 0.4) is 0 Å². The number of Topliss-reactive ketones (excluding diaryl/α,β-unsaturated/α-hetero) is 1. The van der Waals surface area contributed by atoms with Crippen LogP contribution in [0.4, 0.5) is 0 Å². The Morgan fingerprint density at radius 2 is 2.00 bits per heavy atom. The van der Waals surface area contributed by atoms with Crippen molar-refractivity contribution in [1.29, 1.82) is 0 Å². The van der Waals surface area contributed by atoms with E-state index in [-0.39, 0.29) is 11.6 Å². The first-order valence-corrected chi connectivity index (χ1v) is 4.20. The van der Waals surface area contributed by atoms with Gasteiger partial charge < -0.3 is 0 Å². The van der Waals surface area contributed by atoms with Crippen molar-refractivity contribution >= 4 is 5.78 Å². The summed E-state index contributed by atoms with van der Waals surface area (Å²) in [5.41, 5.74) is 0.161. The van der Waals surface area contributed by atoms with Gasteiger partial charge in [0.25, 0.3) is 0 Å². The highest BCUT2D eigenvalue weighted by Gasteiger charge is 2.38. The molecule has 0 N–H and O–H groups in total. The van der Waals surface area contributed by atoms with Gasteiger partial charge in [-0.3, -0.25) is 9.69 Å². The lowest BCUT2D eigenvalue weighted by Crippen LogP contribution is -2.59. The molecule has 0 aromatic carbocycles. The standard InChI is InChI=1S/C9H17NO/c1-7(11)8-5-6-10(8)9(2,3)4/h8H,5-6H2,1-4H3/t8-/m0/s1. The van der Waals surface area contributed by atoms with Gasteiger partial charge in [0.2, 0.25) is 0 Å². The summed E-state index contributed by atoms with van der Waals surface area (Å²) in [4.78, 5) is 13.3. The van der Waals surface area contributed by atoms with Crippen LogP contribution < -0.4 is 0 Å². The first-order valence-electron chi connectivity index (χ1n) is 4.20. The first-order chi connectivity index (χ1) is 4.93. The monoisotopic (exact) mass is 155 g/mol. The van der Waals surface area contributed by atoms with E-state index in [9.17, 15) is 4.79 Å². The number of likely N-dealkylation sites (tertiary alicyclic amines) is 1. The molecular formula is C9H17NO. The van der Waals surface area contributed by atoms with E-state index in [4.69, 9.17) is 0 Å². The molecule has 0 amide bonds. The molecule has 0 aliphatic carbocycles. The van der Waals surface area contributed by atoms with Crippen LogP contribution in [0.1, 0.15) is 34.1 Å². The topological polar surface area (TPSA) is 20.3 Å². The van der Waals surface area contributed by atoms with E-state index in [1.165, 1.54) is 0 Å². The molecule has 11 heavy (non-hydrogen) atoms. The molecule has 0 saturated carbocycles. The molecule has 64 valence electrons. The van der Waals surface area contributed by atoms with Crippen LogP contribution in [-0.2, 0) is 4.79 Å². The normalized spacial score (nSPS) is 26.4. The molecule has 2 heteroatoms. The van der Waals surface area contributed by atoms with Gasteiger partial charge in [-0.1, -0.05) is 0 Å². The number of ketones is 1. The third kappa shape index (κ3) is 1.62. The lowest BCUT2D eigenvalue weighted by atomic mass is 9.91. The van der Waals surface area contributed by atoms with E-state index in [1.54, 1.807) is 6.92 Å². The average Bonchev–Trinajstić information content (AvgIpc) is 1.51. The maximum absolute atomic E-state index is 11.0. The summed E-state index contributed by atoms with van der Waals surface area (Å²) in [6.45, 7) is 9.22. The zero-order valence-electron chi connectivity index (χ0n) is 7.85. The summed E-state index contributed by atoms with van der Waals surface area (Å²) in [7, 11) is 0. The van der Waals surface area contributed by atoms with E-state index in [0.717, 1.165) is 13.0 Å². The molecule has 1 fully saturated rings. The minimum atomic E-state index is 0.161. The van der Waals surface area contributed by atoms with Crippen LogP contribution in [0.2, 0.25) is 0 Å². The number of hydrogen-bond donors (Lipinski definition) is 0. The van der Waals surface area contributed by atoms with Crippen LogP contribution in [-0.4, -0.2) is 28.8 Å². The lowest BCUT2D eigenvalue weighted by Gasteiger charge is -2.48. The second kappa shape index (κ2) is 2.59. The van der Waals surface area contributed by atoms with Crippen molar-refractivity contribution in [2.45, 2.75) is 45.7 Å². The van der Waals surface area contributed by atoms with Crippen molar-refractivity contribution < 1.29 is 4.79 Å². The molecule has 1 heterocycles. The van der Waals surface area contributed by atoms with Crippen molar-refractivity contribution in [3.8, 4) is 0 Å². The first kappa shape index (κ1) is 8.72. The molecule has 0 unspecified atom stereocenters. The predicted molar refractivity (Wildman–Crippen MR) is 45.5 cm³/mol. The van der Waals surface area contributed by atoms with E-state index in [0.29, 0.717) is 5.78 Å². The van der Waals surface area contributed by atoms with Gasteiger partial charge >= 0.3 is 0 Å². The van der Waals surface area contributed by atoms with Gasteiger partial charge in [0, 0.05) is 12.1 Å². The maximum atomic E-state index is 11.0. The van der Waals surface area contributed by atoms with Crippen LogP contribution in [0.25, 0.3) is 0 Å². The fourth-order valence-electron chi connectivity index (χ4n) is 1.61. The van der Waals surface area contributed by atoms with E-state index >= 15 is 0 Å². The molecule has 1 rings (SSSR count). The number of carbonyl (C=O) groups is 1. The van der Waals surface area contributed by atoms with Gasteiger partial charge in [0.15, 0.2) is 0 Å². The lowest BCUT2D eigenvalue weighted by molar-refractivity contribution is -0.130. The molecule has 2 nitrogen and oxygen atoms in total. The van der Waals surface area contributed by atoms with Crippen molar-refractivity contribution in [1.82, 2.24) is 4.90 Å². The predicted octanol–water partition coefficient (Wildman–Crippen LogP) is 1.45. The largest absolute Gasteiger partial charge is 0.298 e. The minimum absolute atomic E-state index is 0.161. The summed E-state index contributed by atoms with van der Waals surface area (Å²) in [6.07, 6.45) is 1.05. The van der Waals surface area contributed by atoms with Gasteiger partial charge in [-0.25, -0.2) is 0 Å². The van der Waals surface area contributed by atoms with E-state index < -0.39 is 0 Å². The summed E-state index contributed by atoms with van der Waals surface area (Å²) in [6, 6.07) is 0.204. The Labute approximate surface area is 68.6 Å². The Morgan fingerprint density at radius 1 is 1.45 bits per heavy atom. The molecular weight excluding hydrogens is 138 g/mol. The summed E-state index contributed by atoms with van der Waals surface area (Å²) in [5.74, 6) is 0.311. The minimum Gasteiger partial charge on any atom is -0.298 e. The van der Waals surface area contributed by atoms with E-state index in [1.807, 2.05) is 0 Å². The van der Waals surface area contributed by atoms with Crippen LogP contribution in [0.5, 0.6) is 0 Å². The maximum Gasteiger partial charge on any atom is 0.146 e. The highest BCUT2D eigenvalue weighted by Crippen LogP contribution is 2.27. The van der Waals surface area contributed by atoms with E-state index in [2.05, 4.69) is 25.7 Å². The zero-order chi connectivity index (χ0) is 8.65. The third-order valence-electron chi connectivity index (χ3n) is 2.35. The summed E-state index contributed by atoms with van der Waals surface area (Å²) < 4.78 is 0. The Hall–Kier alpha value is -0.370. The fraction of sp³-hybridized carbons (Fsp3) is 0.889. The Kier molecular flexibility index (Phi) is 2.06. The molecule has 0 aromatic rings. The van der Waals surface area contributed by atoms with Gasteiger partial charge in [0.05, 0.1) is 6.04 Å². The van der Waals surface area contributed by atoms with Crippen LogP contribution >= 0.6 is 0 Å².